The Bertz CT molecular complexity index is 962. The van der Waals surface area contributed by atoms with E-state index in [4.69, 9.17) is 4.74 Å². The molecule has 1 heterocycles. The summed E-state index contributed by atoms with van der Waals surface area (Å²) in [5, 5.41) is 3.52. The zero-order chi connectivity index (χ0) is 18.0. The number of anilines is 1. The molecular formula is C19H17BrN2O3. The molecule has 0 radical (unpaired) electrons. The minimum absolute atomic E-state index is 0.336. The molecule has 1 N–H and O–H groups in total. The maximum atomic E-state index is 12.3. The number of para-hydroxylation sites is 1. The molecule has 0 aliphatic heterocycles. The molecule has 1 aromatic heterocycles. The molecule has 0 saturated heterocycles. The average Bonchev–Trinajstić information content (AvgIpc) is 2.93. The molecule has 2 aromatic carbocycles. The molecule has 5 nitrogen and oxygen atoms in total. The first-order chi connectivity index (χ1) is 12.0. The van der Waals surface area contributed by atoms with Crippen LogP contribution in [0.4, 0.5) is 5.69 Å². The van der Waals surface area contributed by atoms with E-state index in [1.165, 1.54) is 0 Å². The number of amides is 1. The molecule has 25 heavy (non-hydrogen) atoms. The Morgan fingerprint density at radius 2 is 1.96 bits per heavy atom. The fourth-order valence-electron chi connectivity index (χ4n) is 2.63. The van der Waals surface area contributed by atoms with E-state index >= 15 is 0 Å². The van der Waals surface area contributed by atoms with Crippen LogP contribution in [-0.4, -0.2) is 23.1 Å². The smallest absolute Gasteiger partial charge is 0.340 e. The minimum Gasteiger partial charge on any atom is -0.452 e. The number of carbonyl (C=O) groups excluding carboxylic acids is 2. The highest BCUT2D eigenvalue weighted by Gasteiger charge is 2.16. The van der Waals surface area contributed by atoms with Gasteiger partial charge in [0.15, 0.2) is 6.61 Å². The van der Waals surface area contributed by atoms with Crippen LogP contribution in [0, 0.1) is 6.92 Å². The molecule has 0 saturated carbocycles. The predicted molar refractivity (Wildman–Crippen MR) is 101 cm³/mol. The fraction of sp³-hybridized carbons (Fsp3) is 0.158. The van der Waals surface area contributed by atoms with Gasteiger partial charge in [-0.1, -0.05) is 34.1 Å². The van der Waals surface area contributed by atoms with E-state index in [0.29, 0.717) is 11.3 Å². The molecule has 128 valence electrons. The number of nitrogens with zero attached hydrogens (tertiary/aromatic N) is 1. The van der Waals surface area contributed by atoms with Crippen molar-refractivity contribution < 1.29 is 14.3 Å². The summed E-state index contributed by atoms with van der Waals surface area (Å²) in [5.74, 6) is -0.894. The largest absolute Gasteiger partial charge is 0.452 e. The number of halogens is 1. The Kier molecular flexibility index (Phi) is 4.90. The summed E-state index contributed by atoms with van der Waals surface area (Å²) in [6.07, 6.45) is 1.71. The predicted octanol–water partition coefficient (Wildman–Crippen LogP) is 4.04. The van der Waals surface area contributed by atoms with Gasteiger partial charge in [-0.2, -0.15) is 0 Å². The Hall–Kier alpha value is -2.60. The van der Waals surface area contributed by atoms with Crippen LogP contribution in [0.5, 0.6) is 0 Å². The lowest BCUT2D eigenvalue weighted by Crippen LogP contribution is -2.20. The topological polar surface area (TPSA) is 60.3 Å². The standard InChI is InChI=1S/C19H17BrN2O3/c1-12-9-13(7-8-16(12)20)21-18(23)11-25-19(24)15-10-22(2)17-6-4-3-5-14(15)17/h3-10H,11H2,1-2H3,(H,21,23). The number of carbonyl (C=O) groups is 2. The third-order valence-electron chi connectivity index (χ3n) is 3.89. The van der Waals surface area contributed by atoms with Crippen molar-refractivity contribution in [3.63, 3.8) is 0 Å². The maximum Gasteiger partial charge on any atom is 0.340 e. The van der Waals surface area contributed by atoms with E-state index in [0.717, 1.165) is 20.9 Å². The summed E-state index contributed by atoms with van der Waals surface area (Å²) in [7, 11) is 1.86. The molecule has 0 bridgehead atoms. The lowest BCUT2D eigenvalue weighted by Gasteiger charge is -2.08. The molecular weight excluding hydrogens is 384 g/mol. The number of aromatic nitrogens is 1. The van der Waals surface area contributed by atoms with Gasteiger partial charge in [0.25, 0.3) is 5.91 Å². The molecule has 0 aliphatic carbocycles. The number of esters is 1. The van der Waals surface area contributed by atoms with Gasteiger partial charge in [-0.25, -0.2) is 4.79 Å². The SMILES string of the molecule is Cc1cc(NC(=O)COC(=O)c2cn(C)c3ccccc23)ccc1Br. The molecule has 0 atom stereocenters. The van der Waals surface area contributed by atoms with Gasteiger partial charge in [-0.05, 0) is 36.8 Å². The van der Waals surface area contributed by atoms with Crippen molar-refractivity contribution in [1.29, 1.82) is 0 Å². The summed E-state index contributed by atoms with van der Waals surface area (Å²) >= 11 is 3.41. The van der Waals surface area contributed by atoms with Crippen LogP contribution in [0.3, 0.4) is 0 Å². The van der Waals surface area contributed by atoms with Crippen LogP contribution in [0.25, 0.3) is 10.9 Å². The number of rotatable bonds is 4. The van der Waals surface area contributed by atoms with Crippen LogP contribution in [0.2, 0.25) is 0 Å². The zero-order valence-electron chi connectivity index (χ0n) is 13.9. The number of hydrogen-bond acceptors (Lipinski definition) is 3. The van der Waals surface area contributed by atoms with E-state index in [2.05, 4.69) is 21.2 Å². The van der Waals surface area contributed by atoms with Gasteiger partial charge in [0.1, 0.15) is 0 Å². The lowest BCUT2D eigenvalue weighted by molar-refractivity contribution is -0.119. The highest BCUT2D eigenvalue weighted by molar-refractivity contribution is 9.10. The summed E-state index contributed by atoms with van der Waals surface area (Å²) in [6, 6.07) is 13.0. The normalized spacial score (nSPS) is 10.7. The second kappa shape index (κ2) is 7.11. The van der Waals surface area contributed by atoms with Gasteiger partial charge < -0.3 is 14.6 Å². The Morgan fingerprint density at radius 1 is 1.20 bits per heavy atom. The molecule has 0 unspecified atom stereocenters. The van der Waals surface area contributed by atoms with Crippen LogP contribution >= 0.6 is 15.9 Å². The van der Waals surface area contributed by atoms with Crippen molar-refractivity contribution in [2.45, 2.75) is 6.92 Å². The summed E-state index contributed by atoms with van der Waals surface area (Å²) < 4.78 is 7.99. The van der Waals surface area contributed by atoms with Crippen molar-refractivity contribution in [3.05, 3.63) is 64.3 Å². The van der Waals surface area contributed by atoms with Gasteiger partial charge >= 0.3 is 5.97 Å². The summed E-state index contributed by atoms with van der Waals surface area (Å²) in [6.45, 7) is 1.59. The zero-order valence-corrected chi connectivity index (χ0v) is 15.5. The van der Waals surface area contributed by atoms with Crippen molar-refractivity contribution in [2.75, 3.05) is 11.9 Å². The molecule has 3 aromatic rings. The number of hydrogen-bond donors (Lipinski definition) is 1. The first kappa shape index (κ1) is 17.2. The second-order valence-electron chi connectivity index (χ2n) is 5.76. The molecule has 0 aliphatic rings. The summed E-state index contributed by atoms with van der Waals surface area (Å²) in [4.78, 5) is 24.3. The third-order valence-corrected chi connectivity index (χ3v) is 4.78. The van der Waals surface area contributed by atoms with E-state index in [1.54, 1.807) is 12.3 Å². The van der Waals surface area contributed by atoms with E-state index in [1.807, 2.05) is 54.9 Å². The van der Waals surface area contributed by atoms with Gasteiger partial charge in [-0.15, -0.1) is 0 Å². The average molecular weight is 401 g/mol. The maximum absolute atomic E-state index is 12.3. The minimum atomic E-state index is -0.515. The Balaban J connectivity index is 1.65. The number of ether oxygens (including phenoxy) is 1. The Labute approximate surface area is 153 Å². The molecule has 6 heteroatoms. The van der Waals surface area contributed by atoms with Crippen molar-refractivity contribution in [2.24, 2.45) is 7.05 Å². The van der Waals surface area contributed by atoms with Crippen LogP contribution in [-0.2, 0) is 16.6 Å². The van der Waals surface area contributed by atoms with Crippen molar-refractivity contribution >= 4 is 44.4 Å². The number of aryl methyl sites for hydroxylation is 2. The number of benzene rings is 2. The van der Waals surface area contributed by atoms with Crippen LogP contribution < -0.4 is 5.32 Å². The van der Waals surface area contributed by atoms with Crippen LogP contribution in [0.1, 0.15) is 15.9 Å². The quantitative estimate of drug-likeness (QED) is 0.672. The lowest BCUT2D eigenvalue weighted by atomic mass is 10.2. The Morgan fingerprint density at radius 3 is 2.72 bits per heavy atom. The van der Waals surface area contributed by atoms with Crippen molar-refractivity contribution in [1.82, 2.24) is 4.57 Å². The van der Waals surface area contributed by atoms with E-state index in [-0.39, 0.29) is 12.5 Å². The summed E-state index contributed by atoms with van der Waals surface area (Å²) in [5.41, 5.74) is 3.05. The fourth-order valence-corrected chi connectivity index (χ4v) is 2.88. The highest BCUT2D eigenvalue weighted by atomic mass is 79.9. The van der Waals surface area contributed by atoms with E-state index in [9.17, 15) is 9.59 Å². The molecule has 0 spiro atoms. The number of fused-ring (bicyclic) bond motifs is 1. The van der Waals surface area contributed by atoms with Crippen molar-refractivity contribution in [3.8, 4) is 0 Å². The monoisotopic (exact) mass is 400 g/mol. The molecule has 1 amide bonds. The first-order valence-electron chi connectivity index (χ1n) is 7.73. The molecule has 3 rings (SSSR count). The number of nitrogens with one attached hydrogen (secondary N) is 1. The molecule has 0 fully saturated rings. The van der Waals surface area contributed by atoms with Gasteiger partial charge in [-0.3, -0.25) is 4.79 Å². The van der Waals surface area contributed by atoms with Crippen LogP contribution in [0.15, 0.2) is 53.1 Å². The van der Waals surface area contributed by atoms with Gasteiger partial charge in [0.05, 0.1) is 5.56 Å². The first-order valence-corrected chi connectivity index (χ1v) is 8.52. The highest BCUT2D eigenvalue weighted by Crippen LogP contribution is 2.21. The van der Waals surface area contributed by atoms with E-state index < -0.39 is 5.97 Å². The van der Waals surface area contributed by atoms with Gasteiger partial charge in [0, 0.05) is 34.3 Å². The second-order valence-corrected chi connectivity index (χ2v) is 6.61. The third kappa shape index (κ3) is 3.74. The van der Waals surface area contributed by atoms with Gasteiger partial charge in [0.2, 0.25) is 0 Å².